The largest absolute Gasteiger partial charge is 0.506 e. The molecule has 116 heavy (non-hydrogen) atoms. The fourth-order valence-corrected chi connectivity index (χ4v) is 17.5. The van der Waals surface area contributed by atoms with E-state index in [-0.39, 0.29) is 92.9 Å². The van der Waals surface area contributed by atoms with Gasteiger partial charge in [-0.15, -0.1) is 0 Å². The number of Topliss-reactive ketones (excluding diaryl/α,β-unsaturated/α-hetero) is 1. The summed E-state index contributed by atoms with van der Waals surface area (Å²) in [6, 6.07) is 19.2. The standard InChI is InChI=1S/C102H162N4O10/c1-5-9-13-17-21-25-29-33-37-41-45-49-53-57-61-71-89(107)113-79-101(80-114-90(108)72-62-58-54-50-46-42-38-34-30-26-22-18-14-10-6-2)103-87-69-65-67-83-75-77-85(97(105-101)93(83)87)95-99(111)96(100(95)112)86-78-76-84-68-66-70-88-94(84)98(86)106-102(104-88,81-115-91(109)73-63-59-55-51-47-43-39-35-31-27-23-19-15-11-7-3)82-116-92(110)74-64-60-56-52-48-44-40-36-32-28-24-20-16-12-8-4/h65-70,75-78,103-105,111H,5-64,71-74,79-82H2,1-4H3. The minimum Gasteiger partial charge on any atom is -0.506 e. The summed E-state index contributed by atoms with van der Waals surface area (Å²) in [4.78, 5) is 76.2. The minimum atomic E-state index is -1.48. The maximum absolute atomic E-state index is 15.5. The monoisotopic (exact) mass is 1600 g/mol. The second-order valence-corrected chi connectivity index (χ2v) is 35.2. The molecule has 7 rings (SSSR count). The average Bonchev–Trinajstić information content (AvgIpc) is 0.711. The van der Waals surface area contributed by atoms with Gasteiger partial charge in [0.2, 0.25) is 5.78 Å². The van der Waals surface area contributed by atoms with Gasteiger partial charge in [-0.25, -0.2) is 4.99 Å². The zero-order chi connectivity index (χ0) is 82.2. The molecule has 0 saturated carbocycles. The summed E-state index contributed by atoms with van der Waals surface area (Å²) in [6.45, 7) is 8.20. The van der Waals surface area contributed by atoms with Crippen LogP contribution in [0.15, 0.2) is 71.4 Å². The van der Waals surface area contributed by atoms with Crippen LogP contribution in [0.2, 0.25) is 0 Å². The molecule has 0 radical (unpaired) electrons. The van der Waals surface area contributed by atoms with E-state index in [2.05, 4.69) is 43.6 Å². The summed E-state index contributed by atoms with van der Waals surface area (Å²) in [5.74, 6) is -2.04. The fraction of sp³-hybridized carbons (Fsp3) is 0.725. The molecule has 0 atom stereocenters. The zero-order valence-corrected chi connectivity index (χ0v) is 73.9. The summed E-state index contributed by atoms with van der Waals surface area (Å²) >= 11 is 0. The second kappa shape index (κ2) is 59.3. The lowest BCUT2D eigenvalue weighted by atomic mass is 9.80. The van der Waals surface area contributed by atoms with Crippen molar-refractivity contribution >= 4 is 79.4 Å². The van der Waals surface area contributed by atoms with Crippen molar-refractivity contribution in [1.29, 1.82) is 0 Å². The van der Waals surface area contributed by atoms with Crippen LogP contribution >= 0.6 is 0 Å². The van der Waals surface area contributed by atoms with Gasteiger partial charge >= 0.3 is 23.9 Å². The van der Waals surface area contributed by atoms with Gasteiger partial charge in [-0.2, -0.15) is 0 Å². The highest BCUT2D eigenvalue weighted by molar-refractivity contribution is 6.52. The Morgan fingerprint density at radius 2 is 0.603 bits per heavy atom. The van der Waals surface area contributed by atoms with Crippen molar-refractivity contribution in [3.63, 3.8) is 0 Å². The molecule has 650 valence electrons. The number of benzene rings is 4. The third kappa shape index (κ3) is 36.2. The molecule has 4 aromatic rings. The van der Waals surface area contributed by atoms with E-state index in [1.807, 2.05) is 60.7 Å². The van der Waals surface area contributed by atoms with E-state index in [9.17, 15) is 24.3 Å². The number of nitrogens with one attached hydrogen (secondary N) is 3. The Labute approximate surface area is 703 Å². The molecule has 0 unspecified atom stereocenters. The smallest absolute Gasteiger partial charge is 0.305 e. The molecule has 0 bridgehead atoms. The van der Waals surface area contributed by atoms with Crippen LogP contribution in [0.4, 0.5) is 17.1 Å². The van der Waals surface area contributed by atoms with Crippen molar-refractivity contribution < 1.29 is 48.0 Å². The number of carbonyl (C=O) groups excluding carboxylic acids is 5. The quantitative estimate of drug-likeness (QED) is 0.0186. The number of aliphatic hydroxyl groups is 1. The molecule has 0 amide bonds. The number of ketones is 1. The predicted molar refractivity (Wildman–Crippen MR) is 485 cm³/mol. The normalized spacial score (nSPS) is 14.3. The van der Waals surface area contributed by atoms with Gasteiger partial charge in [0.05, 0.1) is 22.2 Å². The third-order valence-corrected chi connectivity index (χ3v) is 24.8. The lowest BCUT2D eigenvalue weighted by Gasteiger charge is -2.41. The lowest BCUT2D eigenvalue weighted by molar-refractivity contribution is -0.151. The maximum atomic E-state index is 15.5. The van der Waals surface area contributed by atoms with Gasteiger partial charge < -0.3 is 40.0 Å². The molecule has 1 aliphatic carbocycles. The Morgan fingerprint density at radius 1 is 0.319 bits per heavy atom. The van der Waals surface area contributed by atoms with E-state index < -0.39 is 17.1 Å². The highest BCUT2D eigenvalue weighted by Crippen LogP contribution is 2.47. The van der Waals surface area contributed by atoms with Gasteiger partial charge in [-0.05, 0) is 48.6 Å². The number of unbranched alkanes of at least 4 members (excludes halogenated alkanes) is 56. The Balaban J connectivity index is 1.05. The highest BCUT2D eigenvalue weighted by atomic mass is 16.6. The number of rotatable bonds is 73. The van der Waals surface area contributed by atoms with Crippen LogP contribution < -0.4 is 26.5 Å². The van der Waals surface area contributed by atoms with E-state index in [1.165, 1.54) is 283 Å². The van der Waals surface area contributed by atoms with Gasteiger partial charge in [-0.1, -0.05) is 436 Å². The molecule has 4 aromatic carbocycles. The Hall–Kier alpha value is -6.44. The molecule has 2 aliphatic heterocycles. The van der Waals surface area contributed by atoms with Gasteiger partial charge in [-0.3, -0.25) is 24.0 Å². The summed E-state index contributed by atoms with van der Waals surface area (Å²) < 4.78 is 24.8. The number of nitrogens with zero attached hydrogens (tertiary/aromatic N) is 1. The number of aliphatic hydroxyl groups excluding tert-OH is 1. The summed E-state index contributed by atoms with van der Waals surface area (Å²) in [5.41, 5.74) is -0.378. The van der Waals surface area contributed by atoms with E-state index in [4.69, 9.17) is 23.9 Å². The van der Waals surface area contributed by atoms with Crippen LogP contribution in [0.1, 0.15) is 444 Å². The van der Waals surface area contributed by atoms with Crippen molar-refractivity contribution in [3.8, 4) is 0 Å². The lowest BCUT2D eigenvalue weighted by Crippen LogP contribution is -2.56. The van der Waals surface area contributed by atoms with Crippen LogP contribution in [0.5, 0.6) is 0 Å². The first kappa shape index (κ1) is 96.7. The summed E-state index contributed by atoms with van der Waals surface area (Å²) in [7, 11) is 0. The van der Waals surface area contributed by atoms with Gasteiger partial charge in [0.1, 0.15) is 32.2 Å². The number of hydrogen-bond donors (Lipinski definition) is 4. The number of allylic oxidation sites excluding steroid dienone is 2. The van der Waals surface area contributed by atoms with E-state index in [0.717, 1.165) is 93.2 Å². The Bertz CT molecular complexity index is 3500. The van der Waals surface area contributed by atoms with Crippen LogP contribution in [0, 0.1) is 0 Å². The number of esters is 4. The molecule has 14 heteroatoms. The molecular weight excluding hydrogens is 1440 g/mol. The van der Waals surface area contributed by atoms with Gasteiger partial charge in [0.25, 0.3) is 0 Å². The van der Waals surface area contributed by atoms with E-state index >= 15 is 4.79 Å². The number of carbonyl (C=O) groups is 5. The predicted octanol–water partition coefficient (Wildman–Crippen LogP) is 28.2. The van der Waals surface area contributed by atoms with E-state index in [1.54, 1.807) is 0 Å². The molecule has 0 fully saturated rings. The van der Waals surface area contributed by atoms with E-state index in [0.29, 0.717) is 64.3 Å². The second-order valence-electron chi connectivity index (χ2n) is 35.2. The maximum Gasteiger partial charge on any atom is 0.305 e. The summed E-state index contributed by atoms with van der Waals surface area (Å²) in [6.07, 6.45) is 74.5. The van der Waals surface area contributed by atoms with Crippen LogP contribution in [-0.4, -0.2) is 72.5 Å². The first-order valence-corrected chi connectivity index (χ1v) is 48.6. The van der Waals surface area contributed by atoms with Crippen LogP contribution in [0.3, 0.4) is 0 Å². The minimum absolute atomic E-state index is 0.0721. The molecule has 4 N–H and O–H groups in total. The molecule has 0 saturated heterocycles. The summed E-state index contributed by atoms with van der Waals surface area (Å²) in [5, 5.41) is 27.5. The van der Waals surface area contributed by atoms with Crippen LogP contribution in [-0.2, 0) is 42.9 Å². The van der Waals surface area contributed by atoms with Crippen LogP contribution in [0.25, 0.3) is 32.7 Å². The van der Waals surface area contributed by atoms with Crippen molar-refractivity contribution in [2.75, 3.05) is 42.4 Å². The number of ether oxygens (including phenoxy) is 4. The number of hydrogen-bond acceptors (Lipinski definition) is 14. The zero-order valence-electron chi connectivity index (χ0n) is 73.9. The first-order chi connectivity index (χ1) is 57.0. The van der Waals surface area contributed by atoms with Gasteiger partial charge in [0.15, 0.2) is 11.3 Å². The molecule has 14 nitrogen and oxygen atoms in total. The third-order valence-electron chi connectivity index (χ3n) is 24.8. The van der Waals surface area contributed by atoms with Crippen molar-refractivity contribution in [3.05, 3.63) is 82.6 Å². The topological polar surface area (TPSA) is 191 Å². The number of anilines is 3. The van der Waals surface area contributed by atoms with Crippen molar-refractivity contribution in [1.82, 2.24) is 0 Å². The van der Waals surface area contributed by atoms with Crippen molar-refractivity contribution in [2.24, 2.45) is 4.99 Å². The molecule has 0 aromatic heterocycles. The molecular formula is C102H162N4O10. The van der Waals surface area contributed by atoms with Gasteiger partial charge in [0, 0.05) is 58.6 Å². The average molecular weight is 1600 g/mol. The first-order valence-electron chi connectivity index (χ1n) is 48.6. The Kier molecular flexibility index (Phi) is 49.4. The molecule has 3 aliphatic rings. The molecule has 2 heterocycles. The highest BCUT2D eigenvalue weighted by Gasteiger charge is 2.44. The van der Waals surface area contributed by atoms with Crippen molar-refractivity contribution in [2.45, 2.75) is 450 Å². The molecule has 0 spiro atoms. The fourth-order valence-electron chi connectivity index (χ4n) is 17.5. The Morgan fingerprint density at radius 3 is 0.922 bits per heavy atom. The SMILES string of the molecule is CCCCCCCCCCCCCCCCCC(=O)OCC1(COC(=O)CCCCCCCCCCCCCCCCC)N=c2c(=C3C(=O)C(c4ccc5cccc6c5c4NC(COC(=O)CCCCCCCCCCCCCCCCC)(COC(=O)CCCCCCCCCCCCCCCCC)N6)=C3O)ccc3cccc(c23)N1.